The van der Waals surface area contributed by atoms with E-state index in [1.54, 1.807) is 0 Å². The molecule has 2 atom stereocenters. The van der Waals surface area contributed by atoms with Crippen LogP contribution >= 0.6 is 0 Å². The Morgan fingerprint density at radius 1 is 0.314 bits per heavy atom. The fraction of sp³-hybridized carbons (Fsp3) is 0.950. The number of amides is 1. The normalized spacial score (nSPS) is 12.5. The number of rotatable bonds is 76. The minimum atomic E-state index is -0.660. The number of carbonyl (C=O) groups excluding carboxylic acids is 2. The van der Waals surface area contributed by atoms with Crippen LogP contribution in [-0.2, 0) is 14.3 Å². The maximum atomic E-state index is 12.6. The smallest absolute Gasteiger partial charge is 0.305 e. The van der Waals surface area contributed by atoms with Gasteiger partial charge in [-0.1, -0.05) is 411 Å². The van der Waals surface area contributed by atoms with Gasteiger partial charge in [-0.15, -0.1) is 0 Å². The summed E-state index contributed by atoms with van der Waals surface area (Å²) < 4.78 is 5.49. The van der Waals surface area contributed by atoms with Crippen molar-refractivity contribution in [2.24, 2.45) is 0 Å². The molecule has 0 aromatic carbocycles. The summed E-state index contributed by atoms with van der Waals surface area (Å²) in [5.41, 5.74) is 0. The van der Waals surface area contributed by atoms with E-state index in [9.17, 15) is 19.8 Å². The first kappa shape index (κ1) is 84.6. The van der Waals surface area contributed by atoms with Gasteiger partial charge in [-0.2, -0.15) is 0 Å². The van der Waals surface area contributed by atoms with Crippen LogP contribution < -0.4 is 5.32 Å². The van der Waals surface area contributed by atoms with E-state index in [0.29, 0.717) is 25.9 Å². The van der Waals surface area contributed by atoms with Gasteiger partial charge in [0.25, 0.3) is 0 Å². The predicted molar refractivity (Wildman–Crippen MR) is 380 cm³/mol. The van der Waals surface area contributed by atoms with Crippen molar-refractivity contribution in [1.29, 1.82) is 0 Å². The van der Waals surface area contributed by atoms with Crippen LogP contribution in [0.5, 0.6) is 0 Å². The first-order chi connectivity index (χ1) is 42.5. The lowest BCUT2D eigenvalue weighted by molar-refractivity contribution is -0.143. The van der Waals surface area contributed by atoms with Crippen molar-refractivity contribution in [3.63, 3.8) is 0 Å². The third kappa shape index (κ3) is 71.7. The number of ether oxygens (including phenoxy) is 1. The van der Waals surface area contributed by atoms with E-state index >= 15 is 0 Å². The molecule has 0 fully saturated rings. The summed E-state index contributed by atoms with van der Waals surface area (Å²) in [5.74, 6) is -0.00885. The van der Waals surface area contributed by atoms with Crippen molar-refractivity contribution in [1.82, 2.24) is 5.32 Å². The summed E-state index contributed by atoms with van der Waals surface area (Å²) in [4.78, 5) is 24.6. The molecule has 0 aromatic heterocycles. The Morgan fingerprint density at radius 2 is 0.547 bits per heavy atom. The minimum absolute atomic E-state index is 0.0151. The lowest BCUT2D eigenvalue weighted by Crippen LogP contribution is -2.45. The molecule has 3 N–H and O–H groups in total. The Morgan fingerprint density at radius 3 is 0.837 bits per heavy atom. The highest BCUT2D eigenvalue weighted by Gasteiger charge is 2.20. The second-order valence-electron chi connectivity index (χ2n) is 27.8. The van der Waals surface area contributed by atoms with Gasteiger partial charge in [-0.05, 0) is 51.4 Å². The van der Waals surface area contributed by atoms with E-state index in [1.807, 2.05) is 0 Å². The van der Waals surface area contributed by atoms with E-state index in [4.69, 9.17) is 4.74 Å². The molecule has 0 heterocycles. The highest BCUT2D eigenvalue weighted by Crippen LogP contribution is 2.20. The molecular formula is C80H157NO5. The Kier molecular flexibility index (Phi) is 74.8. The van der Waals surface area contributed by atoms with Crippen LogP contribution in [-0.4, -0.2) is 47.4 Å². The summed E-state index contributed by atoms with van der Waals surface area (Å²) in [6, 6.07) is -0.537. The largest absolute Gasteiger partial charge is 0.466 e. The van der Waals surface area contributed by atoms with Crippen LogP contribution in [0.4, 0.5) is 0 Å². The predicted octanol–water partition coefficient (Wildman–Crippen LogP) is 26.3. The van der Waals surface area contributed by atoms with Crippen LogP contribution in [0.2, 0.25) is 0 Å². The lowest BCUT2D eigenvalue weighted by Gasteiger charge is -2.22. The molecule has 0 radical (unpaired) electrons. The lowest BCUT2D eigenvalue weighted by atomic mass is 10.0. The van der Waals surface area contributed by atoms with Crippen molar-refractivity contribution in [3.8, 4) is 0 Å². The molecule has 1 amide bonds. The molecule has 0 saturated carbocycles. The van der Waals surface area contributed by atoms with E-state index in [0.717, 1.165) is 44.9 Å². The van der Waals surface area contributed by atoms with Crippen molar-refractivity contribution >= 4 is 11.9 Å². The number of aliphatic hydroxyl groups is 2. The molecule has 0 aliphatic rings. The average molecular weight is 1210 g/mol. The first-order valence-electron chi connectivity index (χ1n) is 39.9. The van der Waals surface area contributed by atoms with Gasteiger partial charge in [0.05, 0.1) is 25.4 Å². The molecule has 6 heteroatoms. The number of carbonyl (C=O) groups is 2. The molecular weight excluding hydrogens is 1050 g/mol. The number of esters is 1. The Labute approximate surface area is 539 Å². The molecule has 0 aliphatic heterocycles. The van der Waals surface area contributed by atoms with Crippen LogP contribution in [0.3, 0.4) is 0 Å². The molecule has 0 bridgehead atoms. The zero-order valence-electron chi connectivity index (χ0n) is 58.8. The van der Waals surface area contributed by atoms with E-state index < -0.39 is 12.1 Å². The van der Waals surface area contributed by atoms with E-state index in [-0.39, 0.29) is 18.5 Å². The SMILES string of the molecule is CCCCCC/C=C\CCCCCCCC(=O)OCCCCCCCCCCCCCCCCCCCCCCCCCCCCCCCCCCCCCCCC(=O)NC(CO)C(O)CCCCCCCCCCCCCCCCCCCCC. The molecule has 0 aliphatic carbocycles. The molecule has 512 valence electrons. The highest BCUT2D eigenvalue weighted by atomic mass is 16.5. The molecule has 0 spiro atoms. The number of hydrogen-bond donors (Lipinski definition) is 3. The zero-order valence-corrected chi connectivity index (χ0v) is 58.8. The van der Waals surface area contributed by atoms with Crippen LogP contribution in [0, 0.1) is 0 Å². The van der Waals surface area contributed by atoms with Gasteiger partial charge in [0.15, 0.2) is 0 Å². The molecule has 0 rings (SSSR count). The summed E-state index contributed by atoms with van der Waals surface area (Å²) in [7, 11) is 0. The number of unbranched alkanes of at least 4 members (excludes halogenated alkanes) is 63. The standard InChI is InChI=1S/C80H157NO5/c1-3-5-7-9-11-13-15-17-18-19-39-42-45-49-52-56-60-64-68-72-78(83)77(76-82)81-79(84)73-69-65-61-57-53-50-46-43-40-37-35-33-31-29-27-25-23-21-20-22-24-26-28-30-32-34-36-38-41-44-47-51-55-59-63-67-71-75-86-80(85)74-70-66-62-58-54-48-16-14-12-10-8-6-4-2/h14,16,77-78,82-83H,3-13,15,17-76H2,1-2H3,(H,81,84)/b16-14-. The van der Waals surface area contributed by atoms with Gasteiger partial charge in [-0.3, -0.25) is 9.59 Å². The van der Waals surface area contributed by atoms with E-state index in [2.05, 4.69) is 31.3 Å². The zero-order chi connectivity index (χ0) is 62.0. The van der Waals surface area contributed by atoms with Gasteiger partial charge >= 0.3 is 5.97 Å². The van der Waals surface area contributed by atoms with Crippen LogP contribution in [0.25, 0.3) is 0 Å². The average Bonchev–Trinajstić information content (AvgIpc) is 3.55. The topological polar surface area (TPSA) is 95.9 Å². The highest BCUT2D eigenvalue weighted by molar-refractivity contribution is 5.76. The number of hydrogen-bond acceptors (Lipinski definition) is 5. The molecule has 86 heavy (non-hydrogen) atoms. The Bertz CT molecular complexity index is 1300. The fourth-order valence-electron chi connectivity index (χ4n) is 13.0. The molecule has 0 saturated heterocycles. The van der Waals surface area contributed by atoms with Crippen molar-refractivity contribution in [3.05, 3.63) is 12.2 Å². The van der Waals surface area contributed by atoms with Gasteiger partial charge < -0.3 is 20.3 Å². The van der Waals surface area contributed by atoms with Crippen LogP contribution in [0.15, 0.2) is 12.2 Å². The van der Waals surface area contributed by atoms with Gasteiger partial charge in [0, 0.05) is 12.8 Å². The third-order valence-corrected chi connectivity index (χ3v) is 19.1. The first-order valence-corrected chi connectivity index (χ1v) is 39.9. The van der Waals surface area contributed by atoms with Crippen molar-refractivity contribution in [2.45, 2.75) is 475 Å². The fourth-order valence-corrected chi connectivity index (χ4v) is 13.0. The van der Waals surface area contributed by atoms with Crippen molar-refractivity contribution < 1.29 is 24.5 Å². The molecule has 2 unspecified atom stereocenters. The Balaban J connectivity index is 3.30. The summed E-state index contributed by atoms with van der Waals surface area (Å²) in [6.45, 7) is 4.99. The minimum Gasteiger partial charge on any atom is -0.466 e. The van der Waals surface area contributed by atoms with Crippen LogP contribution in [0.1, 0.15) is 463 Å². The second-order valence-corrected chi connectivity index (χ2v) is 27.8. The molecule has 0 aromatic rings. The van der Waals surface area contributed by atoms with Gasteiger partial charge in [-0.25, -0.2) is 0 Å². The van der Waals surface area contributed by atoms with Gasteiger partial charge in [0.2, 0.25) is 5.91 Å². The maximum absolute atomic E-state index is 12.6. The monoisotopic (exact) mass is 1210 g/mol. The summed E-state index contributed by atoms with van der Waals surface area (Å²) in [5, 5.41) is 23.4. The Hall–Kier alpha value is -1.40. The third-order valence-electron chi connectivity index (χ3n) is 19.1. The van der Waals surface area contributed by atoms with E-state index in [1.165, 1.54) is 385 Å². The maximum Gasteiger partial charge on any atom is 0.305 e. The molecule has 6 nitrogen and oxygen atoms in total. The number of allylic oxidation sites excluding steroid dienone is 2. The summed E-state index contributed by atoms with van der Waals surface area (Å²) >= 11 is 0. The van der Waals surface area contributed by atoms with Crippen molar-refractivity contribution in [2.75, 3.05) is 13.2 Å². The number of aliphatic hydroxyl groups excluding tert-OH is 2. The van der Waals surface area contributed by atoms with Gasteiger partial charge in [0.1, 0.15) is 0 Å². The second kappa shape index (κ2) is 76.1. The summed E-state index contributed by atoms with van der Waals surface area (Å²) in [6.07, 6.45) is 96.0. The quantitative estimate of drug-likeness (QED) is 0.0320. The number of nitrogens with one attached hydrogen (secondary N) is 1.